The lowest BCUT2D eigenvalue weighted by Crippen LogP contribution is -3.00. The molecule has 20 heavy (non-hydrogen) atoms. The predicted octanol–water partition coefficient (Wildman–Crippen LogP) is -0.705. The summed E-state index contributed by atoms with van der Waals surface area (Å²) >= 11 is 0. The topological polar surface area (TPSA) is 55.0 Å². The van der Waals surface area contributed by atoms with Gasteiger partial charge in [-0.25, -0.2) is 4.58 Å². The van der Waals surface area contributed by atoms with E-state index in [2.05, 4.69) is 42.5 Å². The molecule has 0 saturated carbocycles. The van der Waals surface area contributed by atoms with Crippen LogP contribution in [0, 0.1) is 0 Å². The minimum atomic E-state index is 0. The van der Waals surface area contributed by atoms with Gasteiger partial charge in [-0.05, 0) is 30.0 Å². The van der Waals surface area contributed by atoms with Crippen LogP contribution in [0.5, 0.6) is 0 Å². The van der Waals surface area contributed by atoms with Crippen LogP contribution in [0.2, 0.25) is 0 Å². The monoisotopic (exact) mass is 287 g/mol. The van der Waals surface area contributed by atoms with E-state index in [-0.39, 0.29) is 18.4 Å². The smallest absolute Gasteiger partial charge is 0.346 e. The zero-order valence-corrected chi connectivity index (χ0v) is 11.9. The summed E-state index contributed by atoms with van der Waals surface area (Å²) in [7, 11) is 0. The summed E-state index contributed by atoms with van der Waals surface area (Å²) in [6, 6.07) is 19.0. The minimum Gasteiger partial charge on any atom is -1.00 e. The molecule has 2 aromatic carbocycles. The molecule has 3 nitrogen and oxygen atoms in total. The van der Waals surface area contributed by atoms with Gasteiger partial charge in [0.25, 0.3) is 0 Å². The molecule has 2 aromatic rings. The van der Waals surface area contributed by atoms with Crippen molar-refractivity contribution in [2.24, 2.45) is 11.5 Å². The average molecular weight is 288 g/mol. The van der Waals surface area contributed by atoms with E-state index >= 15 is 0 Å². The van der Waals surface area contributed by atoms with Crippen LogP contribution in [0.15, 0.2) is 54.6 Å². The molecule has 0 radical (unpaired) electrons. The molecule has 0 bridgehead atoms. The van der Waals surface area contributed by atoms with Crippen molar-refractivity contribution in [3.63, 3.8) is 0 Å². The number of nitrogens with zero attached hydrogens (tertiary/aromatic N) is 1. The van der Waals surface area contributed by atoms with Crippen molar-refractivity contribution in [3.05, 3.63) is 65.7 Å². The normalized spacial score (nSPS) is 17.0. The summed E-state index contributed by atoms with van der Waals surface area (Å²) in [5, 5.41) is 0. The molecule has 4 heteroatoms. The van der Waals surface area contributed by atoms with Crippen LogP contribution in [0.25, 0.3) is 0 Å². The number of para-hydroxylation sites is 1. The quantitative estimate of drug-likeness (QED) is 0.538. The standard InChI is InChI=1S/C16H17N3.ClH/c17-16(18)19-14-9-5-4-8-13(14)10-11-15(19)12-6-2-1-3-7-12;/h1-9,15H,10-11H2,(H3,17,18);1H. The molecular formula is C16H18ClN3. The highest BCUT2D eigenvalue weighted by molar-refractivity contribution is 5.72. The van der Waals surface area contributed by atoms with Crippen LogP contribution in [-0.2, 0) is 6.42 Å². The molecule has 1 heterocycles. The molecular weight excluding hydrogens is 270 g/mol. The first kappa shape index (κ1) is 14.4. The fourth-order valence-corrected chi connectivity index (χ4v) is 2.86. The maximum absolute atomic E-state index is 5.93. The lowest BCUT2D eigenvalue weighted by Gasteiger charge is -2.27. The van der Waals surface area contributed by atoms with Gasteiger partial charge < -0.3 is 12.4 Å². The Morgan fingerprint density at radius 2 is 1.60 bits per heavy atom. The van der Waals surface area contributed by atoms with Gasteiger partial charge in [0, 0.05) is 0 Å². The first-order valence-corrected chi connectivity index (χ1v) is 6.57. The largest absolute Gasteiger partial charge is 1.00 e. The molecule has 0 aliphatic carbocycles. The van der Waals surface area contributed by atoms with E-state index in [0.717, 1.165) is 18.5 Å². The van der Waals surface area contributed by atoms with E-state index in [9.17, 15) is 0 Å². The third kappa shape index (κ3) is 2.49. The Bertz CT molecular complexity index is 619. The van der Waals surface area contributed by atoms with Gasteiger partial charge in [0.1, 0.15) is 11.7 Å². The first-order chi connectivity index (χ1) is 9.27. The lowest BCUT2D eigenvalue weighted by atomic mass is 9.92. The second kappa shape index (κ2) is 5.97. The SMILES string of the molecule is NC(N)=[N+]1c2ccccc2CCC1c1ccccc1.[Cl-]. The van der Waals surface area contributed by atoms with Crippen LogP contribution in [0.1, 0.15) is 23.6 Å². The maximum Gasteiger partial charge on any atom is 0.346 e. The fourth-order valence-electron chi connectivity index (χ4n) is 2.86. The van der Waals surface area contributed by atoms with Gasteiger partial charge in [0.2, 0.25) is 0 Å². The zero-order chi connectivity index (χ0) is 13.2. The van der Waals surface area contributed by atoms with Crippen LogP contribution < -0.4 is 23.9 Å². The van der Waals surface area contributed by atoms with Crippen LogP contribution in [-0.4, -0.2) is 10.5 Å². The summed E-state index contributed by atoms with van der Waals surface area (Å²) in [6.45, 7) is 0. The number of aryl methyl sites for hydroxylation is 1. The first-order valence-electron chi connectivity index (χ1n) is 6.57. The van der Waals surface area contributed by atoms with Crippen molar-refractivity contribution in [1.29, 1.82) is 0 Å². The number of guanidine groups is 1. The summed E-state index contributed by atoms with van der Waals surface area (Å²) in [5.74, 6) is 0.362. The Morgan fingerprint density at radius 1 is 0.950 bits per heavy atom. The number of nitrogens with two attached hydrogens (primary N) is 2. The summed E-state index contributed by atoms with van der Waals surface area (Å²) in [6.07, 6.45) is 2.08. The third-order valence-corrected chi connectivity index (χ3v) is 3.71. The summed E-state index contributed by atoms with van der Waals surface area (Å²) < 4.78 is 2.05. The van der Waals surface area contributed by atoms with Crippen molar-refractivity contribution in [3.8, 4) is 0 Å². The lowest BCUT2D eigenvalue weighted by molar-refractivity contribution is -0.500. The van der Waals surface area contributed by atoms with Crippen LogP contribution >= 0.6 is 0 Å². The van der Waals surface area contributed by atoms with Crippen molar-refractivity contribution in [2.75, 3.05) is 0 Å². The summed E-state index contributed by atoms with van der Waals surface area (Å²) in [4.78, 5) is 0. The number of hydrogen-bond acceptors (Lipinski definition) is 0. The molecule has 0 saturated heterocycles. The van der Waals surface area contributed by atoms with Gasteiger partial charge in [-0.15, -0.1) is 0 Å². The van der Waals surface area contributed by atoms with Crippen molar-refractivity contribution in [2.45, 2.75) is 18.9 Å². The average Bonchev–Trinajstić information content (AvgIpc) is 2.46. The van der Waals surface area contributed by atoms with Crippen molar-refractivity contribution < 1.29 is 17.0 Å². The third-order valence-electron chi connectivity index (χ3n) is 3.71. The second-order valence-electron chi connectivity index (χ2n) is 4.89. The summed E-state index contributed by atoms with van der Waals surface area (Å²) in [5.41, 5.74) is 15.6. The number of benzene rings is 2. The molecule has 104 valence electrons. The Hall–Kier alpha value is -2.00. The number of rotatable bonds is 1. The highest BCUT2D eigenvalue weighted by atomic mass is 35.5. The van der Waals surface area contributed by atoms with Gasteiger partial charge in [-0.3, -0.25) is 11.5 Å². The van der Waals surface area contributed by atoms with E-state index in [1.807, 2.05) is 16.7 Å². The Balaban J connectivity index is 0.00000147. The van der Waals surface area contributed by atoms with Gasteiger partial charge in [-0.1, -0.05) is 48.5 Å². The predicted molar refractivity (Wildman–Crippen MR) is 77.2 cm³/mol. The van der Waals surface area contributed by atoms with E-state index in [1.165, 1.54) is 11.1 Å². The minimum absolute atomic E-state index is 0. The van der Waals surface area contributed by atoms with Crippen molar-refractivity contribution in [1.82, 2.24) is 0 Å². The number of halogens is 1. The number of hydrogen-bond donors (Lipinski definition) is 2. The second-order valence-corrected chi connectivity index (χ2v) is 4.89. The zero-order valence-electron chi connectivity index (χ0n) is 11.2. The Labute approximate surface area is 125 Å². The van der Waals surface area contributed by atoms with Gasteiger partial charge in [0.05, 0.1) is 0 Å². The highest BCUT2D eigenvalue weighted by Crippen LogP contribution is 2.36. The van der Waals surface area contributed by atoms with E-state index < -0.39 is 0 Å². The molecule has 0 fully saturated rings. The highest BCUT2D eigenvalue weighted by Gasteiger charge is 2.28. The van der Waals surface area contributed by atoms with Crippen LogP contribution in [0.3, 0.4) is 0 Å². The Kier molecular flexibility index (Phi) is 4.30. The molecule has 1 atom stereocenters. The fraction of sp³-hybridized carbons (Fsp3) is 0.188. The van der Waals surface area contributed by atoms with Crippen molar-refractivity contribution >= 4 is 11.6 Å². The maximum atomic E-state index is 5.93. The molecule has 0 spiro atoms. The molecule has 1 unspecified atom stereocenters. The van der Waals surface area contributed by atoms with Crippen LogP contribution in [0.4, 0.5) is 5.69 Å². The van der Waals surface area contributed by atoms with Gasteiger partial charge in [-0.2, -0.15) is 0 Å². The molecule has 0 amide bonds. The molecule has 0 aromatic heterocycles. The molecule has 1 aliphatic heterocycles. The molecule has 3 rings (SSSR count). The Morgan fingerprint density at radius 3 is 2.30 bits per heavy atom. The van der Waals surface area contributed by atoms with E-state index in [4.69, 9.17) is 11.5 Å². The number of fused-ring (bicyclic) bond motifs is 1. The van der Waals surface area contributed by atoms with Gasteiger partial charge in [0.15, 0.2) is 0 Å². The van der Waals surface area contributed by atoms with E-state index in [0.29, 0.717) is 5.96 Å². The van der Waals surface area contributed by atoms with Gasteiger partial charge >= 0.3 is 5.96 Å². The van der Waals surface area contributed by atoms with E-state index in [1.54, 1.807) is 0 Å². The molecule has 1 aliphatic rings. The molecule has 4 N–H and O–H groups in total.